The van der Waals surface area contributed by atoms with Gasteiger partial charge >= 0.3 is 0 Å². The summed E-state index contributed by atoms with van der Waals surface area (Å²) < 4.78 is 56.2. The Morgan fingerprint density at radius 3 is 2.00 bits per heavy atom. The van der Waals surface area contributed by atoms with Crippen molar-refractivity contribution in [3.05, 3.63) is 82.9 Å². The molecular formula is C23H26N2O4S2. The summed E-state index contributed by atoms with van der Waals surface area (Å²) in [4.78, 5) is 0.165. The first-order valence-electron chi connectivity index (χ1n) is 9.69. The highest BCUT2D eigenvalue weighted by atomic mass is 32.2. The van der Waals surface area contributed by atoms with Gasteiger partial charge in [0.15, 0.2) is 0 Å². The summed E-state index contributed by atoms with van der Waals surface area (Å²) in [5, 5.41) is 0. The Morgan fingerprint density at radius 1 is 0.742 bits per heavy atom. The summed E-state index contributed by atoms with van der Waals surface area (Å²) in [6, 6.07) is 16.6. The summed E-state index contributed by atoms with van der Waals surface area (Å²) >= 11 is 0. The van der Waals surface area contributed by atoms with Crippen molar-refractivity contribution in [2.24, 2.45) is 0 Å². The molecular weight excluding hydrogens is 432 g/mol. The van der Waals surface area contributed by atoms with E-state index in [4.69, 9.17) is 0 Å². The lowest BCUT2D eigenvalue weighted by Crippen LogP contribution is -2.27. The minimum Gasteiger partial charge on any atom is -0.279 e. The number of aryl methyl sites for hydroxylation is 4. The van der Waals surface area contributed by atoms with Crippen LogP contribution in [-0.4, -0.2) is 23.9 Å². The van der Waals surface area contributed by atoms with Gasteiger partial charge in [-0.1, -0.05) is 42.0 Å². The van der Waals surface area contributed by atoms with Gasteiger partial charge in [0.25, 0.3) is 20.0 Å². The molecule has 0 aliphatic heterocycles. The standard InChI is InChI=1S/C23H26N2O4S2/c1-16-11-12-21(17(2)13-16)24-30(26,27)23-15-22(18(3)14-19(23)4)25(5)31(28,29)20-9-7-6-8-10-20/h6-15,24H,1-5H3. The van der Waals surface area contributed by atoms with Crippen LogP contribution >= 0.6 is 0 Å². The van der Waals surface area contributed by atoms with Crippen molar-refractivity contribution in [3.8, 4) is 0 Å². The van der Waals surface area contributed by atoms with Gasteiger partial charge < -0.3 is 0 Å². The van der Waals surface area contributed by atoms with Gasteiger partial charge in [-0.05, 0) is 68.7 Å². The highest BCUT2D eigenvalue weighted by molar-refractivity contribution is 7.93. The third kappa shape index (κ3) is 4.60. The molecule has 164 valence electrons. The van der Waals surface area contributed by atoms with E-state index in [2.05, 4.69) is 4.72 Å². The summed E-state index contributed by atoms with van der Waals surface area (Å²) in [5.74, 6) is 0. The van der Waals surface area contributed by atoms with E-state index in [1.807, 2.05) is 26.0 Å². The molecule has 0 aromatic heterocycles. The van der Waals surface area contributed by atoms with E-state index < -0.39 is 20.0 Å². The first kappa shape index (κ1) is 22.8. The van der Waals surface area contributed by atoms with Gasteiger partial charge in [-0.15, -0.1) is 0 Å². The van der Waals surface area contributed by atoms with Gasteiger partial charge in [-0.2, -0.15) is 0 Å². The number of benzene rings is 3. The van der Waals surface area contributed by atoms with Crippen molar-refractivity contribution in [2.75, 3.05) is 16.1 Å². The van der Waals surface area contributed by atoms with Crippen LogP contribution in [0.15, 0.2) is 70.5 Å². The predicted molar refractivity (Wildman–Crippen MR) is 125 cm³/mol. The Morgan fingerprint density at radius 2 is 1.39 bits per heavy atom. The van der Waals surface area contributed by atoms with Crippen LogP contribution in [0.5, 0.6) is 0 Å². The molecule has 6 nitrogen and oxygen atoms in total. The lowest BCUT2D eigenvalue weighted by molar-refractivity contribution is 0.593. The van der Waals surface area contributed by atoms with Crippen LogP contribution < -0.4 is 9.03 Å². The third-order valence-electron chi connectivity index (χ3n) is 5.15. The molecule has 0 saturated carbocycles. The van der Waals surface area contributed by atoms with Gasteiger partial charge in [0.1, 0.15) is 0 Å². The van der Waals surface area contributed by atoms with Crippen molar-refractivity contribution < 1.29 is 16.8 Å². The molecule has 0 atom stereocenters. The number of sulfonamides is 2. The normalized spacial score (nSPS) is 11.9. The van der Waals surface area contributed by atoms with Gasteiger partial charge in [-0.25, -0.2) is 16.8 Å². The maximum atomic E-state index is 13.2. The van der Waals surface area contributed by atoms with Gasteiger partial charge in [0.05, 0.1) is 21.2 Å². The molecule has 0 aliphatic rings. The monoisotopic (exact) mass is 458 g/mol. The lowest BCUT2D eigenvalue weighted by Gasteiger charge is -2.23. The zero-order valence-electron chi connectivity index (χ0n) is 18.2. The van der Waals surface area contributed by atoms with E-state index in [0.717, 1.165) is 15.4 Å². The average Bonchev–Trinajstić information content (AvgIpc) is 2.70. The molecule has 0 heterocycles. The smallest absolute Gasteiger partial charge is 0.264 e. The number of hydrogen-bond acceptors (Lipinski definition) is 4. The van der Waals surface area contributed by atoms with E-state index in [1.165, 1.54) is 25.2 Å². The quantitative estimate of drug-likeness (QED) is 0.588. The fourth-order valence-corrected chi connectivity index (χ4v) is 6.11. The molecule has 8 heteroatoms. The van der Waals surface area contributed by atoms with Crippen molar-refractivity contribution in [2.45, 2.75) is 37.5 Å². The fraction of sp³-hybridized carbons (Fsp3) is 0.217. The second-order valence-corrected chi connectivity index (χ2v) is 11.2. The molecule has 0 fully saturated rings. The van der Waals surface area contributed by atoms with Crippen molar-refractivity contribution in [1.82, 2.24) is 0 Å². The van der Waals surface area contributed by atoms with Crippen molar-refractivity contribution in [3.63, 3.8) is 0 Å². The second kappa shape index (κ2) is 8.36. The molecule has 3 rings (SSSR count). The summed E-state index contributed by atoms with van der Waals surface area (Å²) in [7, 11) is -6.35. The van der Waals surface area contributed by atoms with E-state index in [-0.39, 0.29) is 9.79 Å². The molecule has 3 aromatic carbocycles. The summed E-state index contributed by atoms with van der Waals surface area (Å²) in [6.45, 7) is 7.22. The molecule has 0 amide bonds. The average molecular weight is 459 g/mol. The topological polar surface area (TPSA) is 83.6 Å². The summed E-state index contributed by atoms with van der Waals surface area (Å²) in [6.07, 6.45) is 0. The van der Waals surface area contributed by atoms with Crippen LogP contribution in [0.25, 0.3) is 0 Å². The van der Waals surface area contributed by atoms with Gasteiger partial charge in [-0.3, -0.25) is 9.03 Å². The van der Waals surface area contributed by atoms with Crippen LogP contribution in [0.2, 0.25) is 0 Å². The van der Waals surface area contributed by atoms with Gasteiger partial charge in [0.2, 0.25) is 0 Å². The van der Waals surface area contributed by atoms with E-state index >= 15 is 0 Å². The Kier molecular flexibility index (Phi) is 6.16. The van der Waals surface area contributed by atoms with Crippen LogP contribution in [-0.2, 0) is 20.0 Å². The molecule has 31 heavy (non-hydrogen) atoms. The zero-order valence-corrected chi connectivity index (χ0v) is 19.8. The van der Waals surface area contributed by atoms with Crippen LogP contribution in [0, 0.1) is 27.7 Å². The lowest BCUT2D eigenvalue weighted by atomic mass is 10.1. The van der Waals surface area contributed by atoms with Gasteiger partial charge in [0, 0.05) is 7.05 Å². The van der Waals surface area contributed by atoms with Crippen LogP contribution in [0.3, 0.4) is 0 Å². The maximum absolute atomic E-state index is 13.2. The van der Waals surface area contributed by atoms with E-state index in [1.54, 1.807) is 44.2 Å². The second-order valence-electron chi connectivity index (χ2n) is 7.61. The molecule has 0 bridgehead atoms. The maximum Gasteiger partial charge on any atom is 0.264 e. The fourth-order valence-electron chi connectivity index (χ4n) is 3.46. The van der Waals surface area contributed by atoms with Crippen molar-refractivity contribution >= 4 is 31.4 Å². The number of hydrogen-bond donors (Lipinski definition) is 1. The minimum absolute atomic E-state index is 0.0307. The van der Waals surface area contributed by atoms with E-state index in [9.17, 15) is 16.8 Å². The Labute approximate surface area is 184 Å². The first-order chi connectivity index (χ1) is 14.4. The number of nitrogens with zero attached hydrogens (tertiary/aromatic N) is 1. The Hall–Kier alpha value is -2.84. The molecule has 0 unspecified atom stereocenters. The minimum atomic E-state index is -3.93. The molecule has 0 spiro atoms. The number of anilines is 2. The molecule has 0 radical (unpaired) electrons. The molecule has 1 N–H and O–H groups in total. The molecule has 3 aromatic rings. The summed E-state index contributed by atoms with van der Waals surface area (Å²) in [5.41, 5.74) is 3.81. The number of rotatable bonds is 6. The highest BCUT2D eigenvalue weighted by Crippen LogP contribution is 2.31. The third-order valence-corrected chi connectivity index (χ3v) is 8.44. The van der Waals surface area contributed by atoms with E-state index in [0.29, 0.717) is 22.5 Å². The SMILES string of the molecule is Cc1ccc(NS(=O)(=O)c2cc(N(C)S(=O)(=O)c3ccccc3)c(C)cc2C)c(C)c1. The highest BCUT2D eigenvalue weighted by Gasteiger charge is 2.26. The first-order valence-corrected chi connectivity index (χ1v) is 12.6. The van der Waals surface area contributed by atoms with Crippen LogP contribution in [0.1, 0.15) is 22.3 Å². The molecule has 0 aliphatic carbocycles. The number of nitrogens with one attached hydrogen (secondary N) is 1. The zero-order chi connectivity index (χ0) is 23.0. The van der Waals surface area contributed by atoms with Crippen LogP contribution in [0.4, 0.5) is 11.4 Å². The molecule has 0 saturated heterocycles. The Balaban J connectivity index is 2.06. The largest absolute Gasteiger partial charge is 0.279 e. The predicted octanol–water partition coefficient (Wildman–Crippen LogP) is 4.55. The van der Waals surface area contributed by atoms with Crippen molar-refractivity contribution in [1.29, 1.82) is 0 Å². The Bertz CT molecular complexity index is 1330.